The molecule has 4 nitrogen and oxygen atoms in total. The second-order valence-corrected chi connectivity index (χ2v) is 7.39. The smallest absolute Gasteiger partial charge is 0.191 e. The first-order valence-corrected chi connectivity index (χ1v) is 9.71. The molecule has 122 valence electrons. The Morgan fingerprint density at radius 3 is 2.75 bits per heavy atom. The first kappa shape index (κ1) is 16.7. The molecule has 0 amide bonds. The van der Waals surface area contributed by atoms with E-state index in [-0.39, 0.29) is 0 Å². The third-order valence-electron chi connectivity index (χ3n) is 3.62. The van der Waals surface area contributed by atoms with Gasteiger partial charge in [-0.05, 0) is 23.4 Å². The summed E-state index contributed by atoms with van der Waals surface area (Å²) in [5, 5.41) is 20.5. The van der Waals surface area contributed by atoms with E-state index >= 15 is 0 Å². The van der Waals surface area contributed by atoms with E-state index in [0.29, 0.717) is 6.42 Å². The van der Waals surface area contributed by atoms with Gasteiger partial charge >= 0.3 is 0 Å². The first-order valence-electron chi connectivity index (χ1n) is 7.85. The molecule has 3 aromatic rings. The predicted octanol–water partition coefficient (Wildman–Crippen LogP) is 4.18. The molecule has 0 N–H and O–H groups in total. The quantitative estimate of drug-likeness (QED) is 0.450. The zero-order valence-electron chi connectivity index (χ0n) is 13.3. The SMILES string of the molecule is N#CCCSc1nnc(Cc2cccs2)n1CCc1ccccc1. The number of thioether (sulfide) groups is 1. The second kappa shape index (κ2) is 8.67. The molecule has 0 fully saturated rings. The highest BCUT2D eigenvalue weighted by atomic mass is 32.2. The normalized spacial score (nSPS) is 10.6. The lowest BCUT2D eigenvalue weighted by Crippen LogP contribution is -2.08. The standard InChI is InChI=1S/C18H18N4S2/c19-10-5-13-24-18-21-20-17(14-16-8-4-12-23-16)22(18)11-9-15-6-2-1-3-7-15/h1-4,6-8,12H,5,9,11,13-14H2. The number of aromatic nitrogens is 3. The Morgan fingerprint density at radius 2 is 2.00 bits per heavy atom. The van der Waals surface area contributed by atoms with Gasteiger partial charge in [-0.25, -0.2) is 0 Å². The van der Waals surface area contributed by atoms with Crippen molar-refractivity contribution in [2.24, 2.45) is 0 Å². The molecule has 2 heterocycles. The molecule has 0 aliphatic heterocycles. The fraction of sp³-hybridized carbons (Fsp3) is 0.278. The van der Waals surface area contributed by atoms with Crippen molar-refractivity contribution in [2.45, 2.75) is 31.0 Å². The van der Waals surface area contributed by atoms with Gasteiger partial charge in [-0.15, -0.1) is 21.5 Å². The highest BCUT2D eigenvalue weighted by molar-refractivity contribution is 7.99. The fourth-order valence-electron chi connectivity index (χ4n) is 2.42. The molecule has 0 aliphatic rings. The Labute approximate surface area is 150 Å². The fourth-order valence-corrected chi connectivity index (χ4v) is 3.95. The monoisotopic (exact) mass is 354 g/mol. The van der Waals surface area contributed by atoms with Crippen molar-refractivity contribution >= 4 is 23.1 Å². The maximum atomic E-state index is 8.74. The Balaban J connectivity index is 1.76. The van der Waals surface area contributed by atoms with E-state index in [1.807, 2.05) is 6.07 Å². The molecule has 0 radical (unpaired) electrons. The number of rotatable bonds is 8. The van der Waals surface area contributed by atoms with Gasteiger partial charge in [-0.1, -0.05) is 48.2 Å². The Bertz CT molecular complexity index is 788. The molecule has 0 unspecified atom stereocenters. The molecule has 0 atom stereocenters. The number of hydrogen-bond acceptors (Lipinski definition) is 5. The van der Waals surface area contributed by atoms with Gasteiger partial charge in [0.1, 0.15) is 5.82 Å². The summed E-state index contributed by atoms with van der Waals surface area (Å²) in [6, 6.07) is 16.8. The van der Waals surface area contributed by atoms with Crippen LogP contribution in [0.5, 0.6) is 0 Å². The van der Waals surface area contributed by atoms with Crippen molar-refractivity contribution in [1.82, 2.24) is 14.8 Å². The van der Waals surface area contributed by atoms with Crippen LogP contribution in [0.3, 0.4) is 0 Å². The second-order valence-electron chi connectivity index (χ2n) is 5.30. The summed E-state index contributed by atoms with van der Waals surface area (Å²) in [5.41, 5.74) is 1.31. The van der Waals surface area contributed by atoms with Crippen LogP contribution < -0.4 is 0 Å². The maximum absolute atomic E-state index is 8.74. The lowest BCUT2D eigenvalue weighted by Gasteiger charge is -2.09. The van der Waals surface area contributed by atoms with Crippen LogP contribution in [0.15, 0.2) is 53.0 Å². The lowest BCUT2D eigenvalue weighted by molar-refractivity contribution is 0.610. The summed E-state index contributed by atoms with van der Waals surface area (Å²) >= 11 is 3.35. The van der Waals surface area contributed by atoms with Crippen LogP contribution in [0.25, 0.3) is 0 Å². The minimum absolute atomic E-state index is 0.524. The number of benzene rings is 1. The maximum Gasteiger partial charge on any atom is 0.191 e. The van der Waals surface area contributed by atoms with Crippen LogP contribution in [-0.4, -0.2) is 20.5 Å². The Hall–Kier alpha value is -2.10. The summed E-state index contributed by atoms with van der Waals surface area (Å²) in [4.78, 5) is 1.29. The van der Waals surface area contributed by atoms with E-state index in [2.05, 4.69) is 62.6 Å². The van der Waals surface area contributed by atoms with Gasteiger partial charge in [0.05, 0.1) is 6.07 Å². The van der Waals surface area contributed by atoms with Crippen LogP contribution in [-0.2, 0) is 19.4 Å². The molecule has 2 aromatic heterocycles. The minimum Gasteiger partial charge on any atom is -0.305 e. The molecular formula is C18H18N4S2. The molecule has 3 rings (SSSR count). The summed E-state index contributed by atoms with van der Waals surface area (Å²) in [5.74, 6) is 1.74. The molecule has 0 aliphatic carbocycles. The summed E-state index contributed by atoms with van der Waals surface area (Å²) in [7, 11) is 0. The summed E-state index contributed by atoms with van der Waals surface area (Å²) < 4.78 is 2.20. The Morgan fingerprint density at radius 1 is 1.12 bits per heavy atom. The van der Waals surface area contributed by atoms with Crippen molar-refractivity contribution < 1.29 is 0 Å². The van der Waals surface area contributed by atoms with E-state index in [4.69, 9.17) is 5.26 Å². The number of nitrogens with zero attached hydrogens (tertiary/aromatic N) is 4. The molecule has 0 saturated heterocycles. The van der Waals surface area contributed by atoms with Crippen molar-refractivity contribution in [3.63, 3.8) is 0 Å². The number of thiophene rings is 1. The van der Waals surface area contributed by atoms with Gasteiger partial charge < -0.3 is 4.57 Å². The lowest BCUT2D eigenvalue weighted by atomic mass is 10.1. The van der Waals surface area contributed by atoms with E-state index in [9.17, 15) is 0 Å². The largest absolute Gasteiger partial charge is 0.305 e. The molecule has 6 heteroatoms. The van der Waals surface area contributed by atoms with Gasteiger partial charge in [-0.3, -0.25) is 0 Å². The van der Waals surface area contributed by atoms with Gasteiger partial charge in [0.2, 0.25) is 0 Å². The van der Waals surface area contributed by atoms with E-state index in [0.717, 1.165) is 36.1 Å². The zero-order chi connectivity index (χ0) is 16.6. The van der Waals surface area contributed by atoms with Gasteiger partial charge in [0.25, 0.3) is 0 Å². The molecule has 1 aromatic carbocycles. The van der Waals surface area contributed by atoms with Crippen molar-refractivity contribution in [3.05, 3.63) is 64.1 Å². The number of nitriles is 1. The van der Waals surface area contributed by atoms with Crippen molar-refractivity contribution in [2.75, 3.05) is 5.75 Å². The molecule has 0 bridgehead atoms. The van der Waals surface area contributed by atoms with Gasteiger partial charge in [0, 0.05) is 30.0 Å². The average Bonchev–Trinajstić information content (AvgIpc) is 3.25. The molecular weight excluding hydrogens is 336 g/mol. The van der Waals surface area contributed by atoms with E-state index in [1.54, 1.807) is 23.1 Å². The minimum atomic E-state index is 0.524. The molecule has 24 heavy (non-hydrogen) atoms. The van der Waals surface area contributed by atoms with Crippen LogP contribution in [0, 0.1) is 11.3 Å². The van der Waals surface area contributed by atoms with E-state index in [1.165, 1.54) is 10.4 Å². The zero-order valence-corrected chi connectivity index (χ0v) is 14.9. The molecule has 0 saturated carbocycles. The number of hydrogen-bond donors (Lipinski definition) is 0. The van der Waals surface area contributed by atoms with Crippen LogP contribution in [0.4, 0.5) is 0 Å². The van der Waals surface area contributed by atoms with Crippen LogP contribution in [0.1, 0.15) is 22.7 Å². The summed E-state index contributed by atoms with van der Waals surface area (Å²) in [6.07, 6.45) is 2.27. The van der Waals surface area contributed by atoms with Crippen LogP contribution >= 0.6 is 23.1 Å². The first-order chi connectivity index (χ1) is 11.9. The topological polar surface area (TPSA) is 54.5 Å². The molecule has 0 spiro atoms. The highest BCUT2D eigenvalue weighted by Gasteiger charge is 2.13. The van der Waals surface area contributed by atoms with Crippen LogP contribution in [0.2, 0.25) is 0 Å². The summed E-state index contributed by atoms with van der Waals surface area (Å²) in [6.45, 7) is 0.854. The third kappa shape index (κ3) is 4.47. The average molecular weight is 355 g/mol. The predicted molar refractivity (Wildman–Crippen MR) is 98.2 cm³/mol. The van der Waals surface area contributed by atoms with Gasteiger partial charge in [0.15, 0.2) is 5.16 Å². The highest BCUT2D eigenvalue weighted by Crippen LogP contribution is 2.21. The van der Waals surface area contributed by atoms with Crippen molar-refractivity contribution in [1.29, 1.82) is 5.26 Å². The Kier molecular flexibility index (Phi) is 6.05. The van der Waals surface area contributed by atoms with Gasteiger partial charge in [-0.2, -0.15) is 5.26 Å². The van der Waals surface area contributed by atoms with E-state index < -0.39 is 0 Å². The number of aryl methyl sites for hydroxylation is 1. The van der Waals surface area contributed by atoms with Crippen molar-refractivity contribution in [3.8, 4) is 6.07 Å². The third-order valence-corrected chi connectivity index (χ3v) is 5.46.